The first-order chi connectivity index (χ1) is 18.6. The standard InChI is InChI=1S/C32H20N2O4/c35-31-25-19-23(13-15-27(25)33-29(37-31)17-11-21-7-3-1-4-8-21)24-14-16-28-26(20-24)32(36)38-30(34-28)18-12-22-9-5-2-6-10-22/h1-20H. The number of hydrogen-bond donors (Lipinski definition) is 0. The minimum Gasteiger partial charge on any atom is -0.404 e. The highest BCUT2D eigenvalue weighted by Gasteiger charge is 2.10. The summed E-state index contributed by atoms with van der Waals surface area (Å²) in [6.07, 6.45) is 7.01. The highest BCUT2D eigenvalue weighted by atomic mass is 16.4. The molecule has 2 aromatic heterocycles. The second-order valence-corrected chi connectivity index (χ2v) is 8.63. The summed E-state index contributed by atoms with van der Waals surface area (Å²) in [7, 11) is 0. The van der Waals surface area contributed by atoms with Gasteiger partial charge in [0, 0.05) is 12.2 Å². The molecule has 0 unspecified atom stereocenters. The summed E-state index contributed by atoms with van der Waals surface area (Å²) in [6, 6.07) is 30.1. The summed E-state index contributed by atoms with van der Waals surface area (Å²) in [5, 5.41) is 0.706. The van der Waals surface area contributed by atoms with E-state index in [0.717, 1.165) is 22.3 Å². The lowest BCUT2D eigenvalue weighted by Gasteiger charge is -2.05. The van der Waals surface area contributed by atoms with Gasteiger partial charge in [-0.3, -0.25) is 0 Å². The summed E-state index contributed by atoms with van der Waals surface area (Å²) in [6.45, 7) is 0. The van der Waals surface area contributed by atoms with Crippen molar-refractivity contribution in [3.63, 3.8) is 0 Å². The molecule has 6 nitrogen and oxygen atoms in total. The van der Waals surface area contributed by atoms with Crippen LogP contribution in [0.1, 0.15) is 22.9 Å². The van der Waals surface area contributed by atoms with E-state index in [9.17, 15) is 9.59 Å². The first-order valence-electron chi connectivity index (χ1n) is 12.0. The van der Waals surface area contributed by atoms with Gasteiger partial charge in [-0.05, 0) is 58.7 Å². The second kappa shape index (κ2) is 9.95. The van der Waals surface area contributed by atoms with E-state index in [1.165, 1.54) is 0 Å². The van der Waals surface area contributed by atoms with Gasteiger partial charge in [-0.15, -0.1) is 0 Å². The predicted molar refractivity (Wildman–Crippen MR) is 150 cm³/mol. The zero-order chi connectivity index (χ0) is 25.9. The van der Waals surface area contributed by atoms with Crippen molar-refractivity contribution in [2.24, 2.45) is 0 Å². The van der Waals surface area contributed by atoms with Crippen molar-refractivity contribution in [3.05, 3.63) is 141 Å². The van der Waals surface area contributed by atoms with Crippen LogP contribution in [0.4, 0.5) is 0 Å². The fraction of sp³-hybridized carbons (Fsp3) is 0. The molecule has 4 aromatic carbocycles. The molecule has 6 rings (SSSR count). The number of rotatable bonds is 5. The minimum atomic E-state index is -0.485. The minimum absolute atomic E-state index is 0.227. The second-order valence-electron chi connectivity index (χ2n) is 8.63. The summed E-state index contributed by atoms with van der Waals surface area (Å²) in [5.41, 5.74) is 3.51. The Morgan fingerprint density at radius 3 is 1.34 bits per heavy atom. The summed E-state index contributed by atoms with van der Waals surface area (Å²) in [5.74, 6) is 0.455. The Kier molecular flexibility index (Phi) is 6.04. The molecule has 0 saturated heterocycles. The topological polar surface area (TPSA) is 86.2 Å². The molecular formula is C32H20N2O4. The van der Waals surface area contributed by atoms with Crippen LogP contribution in [-0.2, 0) is 0 Å². The van der Waals surface area contributed by atoms with E-state index in [4.69, 9.17) is 8.83 Å². The SMILES string of the molecule is O=c1oc(C=Cc2ccccc2)nc2ccc(-c3ccc4nc(C=Cc5ccccc5)oc(=O)c4c3)cc12. The van der Waals surface area contributed by atoms with Crippen LogP contribution in [0.25, 0.3) is 57.2 Å². The van der Waals surface area contributed by atoms with Gasteiger partial charge in [-0.1, -0.05) is 72.8 Å². The average Bonchev–Trinajstić information content (AvgIpc) is 2.96. The molecule has 6 heteroatoms. The van der Waals surface area contributed by atoms with E-state index in [2.05, 4.69) is 9.97 Å². The van der Waals surface area contributed by atoms with Crippen LogP contribution in [0.5, 0.6) is 0 Å². The smallest absolute Gasteiger partial charge is 0.347 e. The van der Waals surface area contributed by atoms with Crippen molar-refractivity contribution in [2.45, 2.75) is 0 Å². The number of benzene rings is 4. The number of hydrogen-bond acceptors (Lipinski definition) is 6. The Bertz CT molecular complexity index is 1810. The van der Waals surface area contributed by atoms with Gasteiger partial charge in [0.2, 0.25) is 11.8 Å². The Labute approximate surface area is 216 Å². The third-order valence-corrected chi connectivity index (χ3v) is 6.06. The molecule has 0 saturated carbocycles. The van der Waals surface area contributed by atoms with E-state index in [1.54, 1.807) is 36.4 Å². The maximum atomic E-state index is 12.7. The maximum absolute atomic E-state index is 12.7. The summed E-state index contributed by atoms with van der Waals surface area (Å²) in [4.78, 5) is 34.4. The first kappa shape index (κ1) is 23.1. The molecule has 182 valence electrons. The number of fused-ring (bicyclic) bond motifs is 2. The van der Waals surface area contributed by atoms with Crippen molar-refractivity contribution in [2.75, 3.05) is 0 Å². The van der Waals surface area contributed by atoms with Crippen LogP contribution < -0.4 is 11.3 Å². The van der Waals surface area contributed by atoms with Crippen LogP contribution in [0.2, 0.25) is 0 Å². The molecule has 0 radical (unpaired) electrons. The molecule has 6 aromatic rings. The van der Waals surface area contributed by atoms with E-state index in [0.29, 0.717) is 21.8 Å². The van der Waals surface area contributed by atoms with Crippen LogP contribution in [-0.4, -0.2) is 9.97 Å². The monoisotopic (exact) mass is 496 g/mol. The molecule has 0 fully saturated rings. The average molecular weight is 497 g/mol. The largest absolute Gasteiger partial charge is 0.404 e. The fourth-order valence-electron chi connectivity index (χ4n) is 4.14. The zero-order valence-corrected chi connectivity index (χ0v) is 20.1. The Morgan fingerprint density at radius 2 is 0.921 bits per heavy atom. The van der Waals surface area contributed by atoms with Crippen molar-refractivity contribution in [1.82, 2.24) is 9.97 Å². The highest BCUT2D eigenvalue weighted by Crippen LogP contribution is 2.25. The van der Waals surface area contributed by atoms with Gasteiger partial charge in [-0.2, -0.15) is 0 Å². The van der Waals surface area contributed by atoms with Gasteiger partial charge < -0.3 is 8.83 Å². The van der Waals surface area contributed by atoms with E-state index < -0.39 is 11.3 Å². The molecule has 0 aliphatic rings. The molecule has 0 aliphatic carbocycles. The Morgan fingerprint density at radius 1 is 0.500 bits per heavy atom. The van der Waals surface area contributed by atoms with Gasteiger partial charge in [0.1, 0.15) is 0 Å². The van der Waals surface area contributed by atoms with Gasteiger partial charge >= 0.3 is 11.3 Å². The van der Waals surface area contributed by atoms with E-state index in [1.807, 2.05) is 84.9 Å². The van der Waals surface area contributed by atoms with Crippen molar-refractivity contribution >= 4 is 46.1 Å². The maximum Gasteiger partial charge on any atom is 0.347 e. The molecule has 38 heavy (non-hydrogen) atoms. The van der Waals surface area contributed by atoms with Gasteiger partial charge in [0.05, 0.1) is 21.8 Å². The fourth-order valence-corrected chi connectivity index (χ4v) is 4.14. The lowest BCUT2D eigenvalue weighted by Crippen LogP contribution is -2.04. The quantitative estimate of drug-likeness (QED) is 0.264. The van der Waals surface area contributed by atoms with E-state index >= 15 is 0 Å². The third kappa shape index (κ3) is 4.83. The van der Waals surface area contributed by atoms with Gasteiger partial charge in [-0.25, -0.2) is 19.6 Å². The lowest BCUT2D eigenvalue weighted by atomic mass is 10.0. The first-order valence-corrected chi connectivity index (χ1v) is 12.0. The summed E-state index contributed by atoms with van der Waals surface area (Å²) < 4.78 is 10.9. The molecule has 0 amide bonds. The van der Waals surface area contributed by atoms with Crippen molar-refractivity contribution in [3.8, 4) is 11.1 Å². The molecule has 0 atom stereocenters. The van der Waals surface area contributed by atoms with Gasteiger partial charge in [0.15, 0.2) is 0 Å². The molecule has 0 aliphatic heterocycles. The zero-order valence-electron chi connectivity index (χ0n) is 20.1. The number of nitrogens with zero attached hydrogens (tertiary/aromatic N) is 2. The Balaban J connectivity index is 1.32. The third-order valence-electron chi connectivity index (χ3n) is 6.06. The predicted octanol–water partition coefficient (Wildman–Crippen LogP) is 6.70. The molecular weight excluding hydrogens is 476 g/mol. The van der Waals surface area contributed by atoms with Gasteiger partial charge in [0.25, 0.3) is 0 Å². The molecule has 2 heterocycles. The van der Waals surface area contributed by atoms with Crippen LogP contribution in [0.3, 0.4) is 0 Å². The van der Waals surface area contributed by atoms with Crippen molar-refractivity contribution < 1.29 is 8.83 Å². The highest BCUT2D eigenvalue weighted by molar-refractivity contribution is 5.88. The normalized spacial score (nSPS) is 11.7. The molecule has 0 N–H and O–H groups in total. The number of aromatic nitrogens is 2. The van der Waals surface area contributed by atoms with Crippen LogP contribution >= 0.6 is 0 Å². The molecule has 0 spiro atoms. The van der Waals surface area contributed by atoms with Crippen LogP contribution in [0.15, 0.2) is 115 Å². The Hall–Kier alpha value is -5.36. The van der Waals surface area contributed by atoms with E-state index in [-0.39, 0.29) is 11.8 Å². The molecule has 0 bridgehead atoms. The van der Waals surface area contributed by atoms with Crippen molar-refractivity contribution in [1.29, 1.82) is 0 Å². The van der Waals surface area contributed by atoms with Crippen LogP contribution in [0, 0.1) is 0 Å². The lowest BCUT2D eigenvalue weighted by molar-refractivity contribution is 0.490. The summed E-state index contributed by atoms with van der Waals surface area (Å²) >= 11 is 0.